The highest BCUT2D eigenvalue weighted by molar-refractivity contribution is 6.30. The lowest BCUT2D eigenvalue weighted by atomic mass is 9.98. The van der Waals surface area contributed by atoms with Crippen molar-refractivity contribution in [2.24, 2.45) is 0 Å². The molecule has 0 aromatic heterocycles. The lowest BCUT2D eigenvalue weighted by Gasteiger charge is -2.43. The first-order valence-corrected chi connectivity index (χ1v) is 9.97. The van der Waals surface area contributed by atoms with E-state index in [-0.39, 0.29) is 29.2 Å². The average Bonchev–Trinajstić information content (AvgIpc) is 2.80. The van der Waals surface area contributed by atoms with Crippen molar-refractivity contribution in [2.75, 3.05) is 19.4 Å². The van der Waals surface area contributed by atoms with E-state index >= 15 is 0 Å². The molecule has 1 unspecified atom stereocenters. The van der Waals surface area contributed by atoms with Crippen molar-refractivity contribution in [3.05, 3.63) is 53.6 Å². The Morgan fingerprint density at radius 2 is 1.75 bits per heavy atom. The molecular formula is C22H26BrClN2O2. The van der Waals surface area contributed by atoms with Crippen molar-refractivity contribution in [1.29, 1.82) is 0 Å². The molecule has 4 nitrogen and oxygen atoms in total. The molecule has 150 valence electrons. The molecule has 2 saturated heterocycles. The minimum atomic E-state index is -0.374. The number of halogens is 2. The number of fused-ring (bicyclic) bond motifs is 2. The smallest absolute Gasteiger partial charge is 0.411 e. The highest BCUT2D eigenvalue weighted by Gasteiger charge is 2.49. The van der Waals surface area contributed by atoms with E-state index in [0.29, 0.717) is 17.1 Å². The molecule has 2 aliphatic rings. The molecule has 2 aromatic rings. The molecule has 2 aromatic carbocycles. The van der Waals surface area contributed by atoms with E-state index in [2.05, 4.69) is 19.4 Å². The highest BCUT2D eigenvalue weighted by atomic mass is 79.9. The van der Waals surface area contributed by atoms with E-state index < -0.39 is 0 Å². The SMILES string of the molecule is C[N+]1(C)[C@@H]2CC[C@H]1CC(OC(=O)Nc1ccccc1-c1cccc(Cl)c1)C2.[Br-]. The van der Waals surface area contributed by atoms with Crippen LogP contribution in [0.1, 0.15) is 25.7 Å². The lowest BCUT2D eigenvalue weighted by Crippen LogP contribution is -3.00. The number of carbonyl (C=O) groups is 1. The second-order valence-electron chi connectivity index (χ2n) is 8.19. The van der Waals surface area contributed by atoms with Crippen molar-refractivity contribution >= 4 is 23.4 Å². The van der Waals surface area contributed by atoms with Gasteiger partial charge in [0.1, 0.15) is 6.10 Å². The van der Waals surface area contributed by atoms with Crippen molar-refractivity contribution < 1.29 is 31.0 Å². The molecule has 2 heterocycles. The number of nitrogens with zero attached hydrogens (tertiary/aromatic N) is 1. The number of rotatable bonds is 3. The third-order valence-corrected chi connectivity index (χ3v) is 6.59. The maximum Gasteiger partial charge on any atom is 0.411 e. The Labute approximate surface area is 182 Å². The maximum atomic E-state index is 12.6. The van der Waals surface area contributed by atoms with E-state index in [1.165, 1.54) is 12.8 Å². The fourth-order valence-electron chi connectivity index (χ4n) is 4.72. The number of piperidine rings is 1. The predicted octanol–water partition coefficient (Wildman–Crippen LogP) is 2.33. The standard InChI is InChI=1S/C22H25ClN2O2.BrH/c1-25(2)17-10-11-18(25)14-19(13-17)27-22(26)24-21-9-4-3-8-20(21)15-6-5-7-16(23)12-15;/h3-9,12,17-19H,10-11,13-14H2,1-2H3;1H/t17-,18+,19?;. The molecule has 2 fully saturated rings. The van der Waals surface area contributed by atoms with Crippen molar-refractivity contribution in [3.63, 3.8) is 0 Å². The first-order chi connectivity index (χ1) is 12.9. The maximum absolute atomic E-state index is 12.6. The Hall–Kier alpha value is -1.56. The molecule has 3 atom stereocenters. The zero-order valence-electron chi connectivity index (χ0n) is 16.2. The van der Waals surface area contributed by atoms with Gasteiger partial charge >= 0.3 is 6.09 Å². The largest absolute Gasteiger partial charge is 1.00 e. The van der Waals surface area contributed by atoms with Crippen LogP contribution in [0, 0.1) is 0 Å². The summed E-state index contributed by atoms with van der Waals surface area (Å²) in [4.78, 5) is 12.6. The van der Waals surface area contributed by atoms with Gasteiger partial charge in [0.25, 0.3) is 0 Å². The van der Waals surface area contributed by atoms with Gasteiger partial charge in [0, 0.05) is 36.3 Å². The quantitative estimate of drug-likeness (QED) is 0.707. The number of anilines is 1. The third kappa shape index (κ3) is 4.22. The van der Waals surface area contributed by atoms with Gasteiger partial charge in [-0.3, -0.25) is 5.32 Å². The Bertz CT molecular complexity index is 842. The van der Waals surface area contributed by atoms with Gasteiger partial charge in [0.2, 0.25) is 0 Å². The van der Waals surface area contributed by atoms with Crippen LogP contribution in [0.5, 0.6) is 0 Å². The lowest BCUT2D eigenvalue weighted by molar-refractivity contribution is -0.931. The molecule has 1 N–H and O–H groups in total. The monoisotopic (exact) mass is 464 g/mol. The van der Waals surface area contributed by atoms with Crippen LogP contribution in [0.25, 0.3) is 11.1 Å². The topological polar surface area (TPSA) is 38.3 Å². The van der Waals surface area contributed by atoms with Gasteiger partial charge in [-0.25, -0.2) is 4.79 Å². The van der Waals surface area contributed by atoms with Crippen LogP contribution < -0.4 is 22.3 Å². The van der Waals surface area contributed by atoms with Gasteiger partial charge in [-0.05, 0) is 23.8 Å². The number of ether oxygens (including phenoxy) is 1. The summed E-state index contributed by atoms with van der Waals surface area (Å²) in [6.07, 6.45) is 4.00. The van der Waals surface area contributed by atoms with E-state index in [1.807, 2.05) is 48.5 Å². The number of benzene rings is 2. The summed E-state index contributed by atoms with van der Waals surface area (Å²) in [6.45, 7) is 0. The first-order valence-electron chi connectivity index (χ1n) is 9.59. The molecule has 2 aliphatic heterocycles. The summed E-state index contributed by atoms with van der Waals surface area (Å²) < 4.78 is 6.87. The van der Waals surface area contributed by atoms with Crippen LogP contribution in [0.2, 0.25) is 5.02 Å². The van der Waals surface area contributed by atoms with Gasteiger partial charge in [0.15, 0.2) is 0 Å². The third-order valence-electron chi connectivity index (χ3n) is 6.36. The fraction of sp³-hybridized carbons (Fsp3) is 0.409. The minimum absolute atomic E-state index is 0. The van der Waals surface area contributed by atoms with Gasteiger partial charge in [0.05, 0.1) is 31.9 Å². The summed E-state index contributed by atoms with van der Waals surface area (Å²) in [5.74, 6) is 0. The molecule has 4 rings (SSSR count). The van der Waals surface area contributed by atoms with E-state index in [1.54, 1.807) is 0 Å². The van der Waals surface area contributed by atoms with E-state index in [4.69, 9.17) is 16.3 Å². The number of nitrogens with one attached hydrogen (secondary N) is 1. The van der Waals surface area contributed by atoms with Gasteiger partial charge in [-0.1, -0.05) is 41.9 Å². The molecule has 0 aliphatic carbocycles. The zero-order valence-corrected chi connectivity index (χ0v) is 18.5. The number of hydrogen-bond acceptors (Lipinski definition) is 2. The number of quaternary nitrogens is 1. The van der Waals surface area contributed by atoms with Crippen LogP contribution in [0.3, 0.4) is 0 Å². The van der Waals surface area contributed by atoms with Crippen LogP contribution in [0.15, 0.2) is 48.5 Å². The summed E-state index contributed by atoms with van der Waals surface area (Å²) in [7, 11) is 4.61. The molecule has 0 radical (unpaired) electrons. The van der Waals surface area contributed by atoms with Crippen LogP contribution in [-0.4, -0.2) is 42.9 Å². The average molecular weight is 466 g/mol. The number of carbonyl (C=O) groups excluding carboxylic acids is 1. The molecular weight excluding hydrogens is 440 g/mol. The van der Waals surface area contributed by atoms with E-state index in [0.717, 1.165) is 34.1 Å². The number of hydrogen-bond donors (Lipinski definition) is 1. The second kappa shape index (κ2) is 8.44. The van der Waals surface area contributed by atoms with E-state index in [9.17, 15) is 4.79 Å². The van der Waals surface area contributed by atoms with Crippen LogP contribution in [0.4, 0.5) is 10.5 Å². The van der Waals surface area contributed by atoms with Crippen molar-refractivity contribution in [2.45, 2.75) is 43.9 Å². The van der Waals surface area contributed by atoms with Gasteiger partial charge in [-0.2, -0.15) is 0 Å². The van der Waals surface area contributed by atoms with Crippen molar-refractivity contribution in [1.82, 2.24) is 0 Å². The molecule has 0 saturated carbocycles. The van der Waals surface area contributed by atoms with Crippen LogP contribution >= 0.6 is 11.6 Å². The fourth-order valence-corrected chi connectivity index (χ4v) is 4.91. The Morgan fingerprint density at radius 3 is 2.43 bits per heavy atom. The second-order valence-corrected chi connectivity index (χ2v) is 8.63. The molecule has 2 bridgehead atoms. The van der Waals surface area contributed by atoms with Crippen LogP contribution in [-0.2, 0) is 4.74 Å². The number of amides is 1. The minimum Gasteiger partial charge on any atom is -1.00 e. The Morgan fingerprint density at radius 1 is 1.07 bits per heavy atom. The first kappa shape index (κ1) is 21.2. The van der Waals surface area contributed by atoms with Gasteiger partial charge in [-0.15, -0.1) is 0 Å². The van der Waals surface area contributed by atoms with Crippen molar-refractivity contribution in [3.8, 4) is 11.1 Å². The zero-order chi connectivity index (χ0) is 19.0. The molecule has 0 spiro atoms. The Balaban J connectivity index is 0.00000225. The molecule has 28 heavy (non-hydrogen) atoms. The normalized spacial score (nSPS) is 24.9. The summed E-state index contributed by atoms with van der Waals surface area (Å²) in [5.41, 5.74) is 2.63. The highest BCUT2D eigenvalue weighted by Crippen LogP contribution is 2.40. The Kier molecular flexibility index (Phi) is 6.37. The molecule has 6 heteroatoms. The summed E-state index contributed by atoms with van der Waals surface area (Å²) in [5, 5.41) is 3.61. The van der Waals surface area contributed by atoms with Gasteiger partial charge < -0.3 is 26.2 Å². The molecule has 1 amide bonds. The summed E-state index contributed by atoms with van der Waals surface area (Å²) in [6, 6.07) is 16.5. The summed E-state index contributed by atoms with van der Waals surface area (Å²) >= 11 is 6.12. The number of para-hydroxylation sites is 1. The predicted molar refractivity (Wildman–Crippen MR) is 109 cm³/mol.